The minimum atomic E-state index is 0. The Kier molecular flexibility index (Phi) is 8.04. The van der Waals surface area contributed by atoms with E-state index in [9.17, 15) is 4.79 Å². The third-order valence-corrected chi connectivity index (χ3v) is 4.69. The minimum absolute atomic E-state index is 0. The number of amides is 1. The highest BCUT2D eigenvalue weighted by atomic mass is 35.5. The number of nitrogens with one attached hydrogen (secondary N) is 2. The number of anilines is 1. The molecular weight excluding hydrogens is 292 g/mol. The quantitative estimate of drug-likeness (QED) is 0.841. The Hall–Kier alpha value is -0.710. The van der Waals surface area contributed by atoms with Crippen LogP contribution in [0.4, 0.5) is 5.69 Å². The Labute approximate surface area is 131 Å². The van der Waals surface area contributed by atoms with E-state index in [1.807, 2.05) is 30.9 Å². The highest BCUT2D eigenvalue weighted by molar-refractivity contribution is 8.00. The molecule has 1 aliphatic carbocycles. The van der Waals surface area contributed by atoms with Crippen molar-refractivity contribution in [2.45, 2.75) is 42.2 Å². The second kappa shape index (κ2) is 9.27. The Morgan fingerprint density at radius 2 is 1.90 bits per heavy atom. The summed E-state index contributed by atoms with van der Waals surface area (Å²) in [5.74, 6) is 0.0607. The Morgan fingerprint density at radius 1 is 1.25 bits per heavy atom. The maximum Gasteiger partial charge on any atom is 0.225 e. The van der Waals surface area contributed by atoms with E-state index in [4.69, 9.17) is 0 Å². The number of hydrogen-bond donors (Lipinski definition) is 2. The maximum atomic E-state index is 11.6. The van der Waals surface area contributed by atoms with Gasteiger partial charge >= 0.3 is 0 Å². The molecule has 2 N–H and O–H groups in total. The average Bonchev–Trinajstić information content (AvgIpc) is 2.91. The third kappa shape index (κ3) is 5.73. The van der Waals surface area contributed by atoms with Gasteiger partial charge in [-0.2, -0.15) is 0 Å². The van der Waals surface area contributed by atoms with E-state index >= 15 is 0 Å². The first-order valence-electron chi connectivity index (χ1n) is 6.99. The molecule has 0 heterocycles. The van der Waals surface area contributed by atoms with Gasteiger partial charge < -0.3 is 10.6 Å². The van der Waals surface area contributed by atoms with Gasteiger partial charge in [0.15, 0.2) is 0 Å². The molecule has 0 atom stereocenters. The van der Waals surface area contributed by atoms with E-state index in [-0.39, 0.29) is 18.3 Å². The molecule has 0 spiro atoms. The van der Waals surface area contributed by atoms with Gasteiger partial charge in [0.25, 0.3) is 0 Å². The summed E-state index contributed by atoms with van der Waals surface area (Å²) >= 11 is 1.97. The summed E-state index contributed by atoms with van der Waals surface area (Å²) in [6.07, 6.45) is 5.93. The molecule has 1 aromatic carbocycles. The number of benzene rings is 1. The van der Waals surface area contributed by atoms with Gasteiger partial charge in [0, 0.05) is 28.8 Å². The van der Waals surface area contributed by atoms with Gasteiger partial charge in [-0.3, -0.25) is 4.79 Å². The van der Waals surface area contributed by atoms with Gasteiger partial charge in [0.2, 0.25) is 5.91 Å². The molecule has 0 saturated heterocycles. The fourth-order valence-corrected chi connectivity index (χ4v) is 3.52. The highest BCUT2D eigenvalue weighted by Crippen LogP contribution is 2.34. The van der Waals surface area contributed by atoms with E-state index < -0.39 is 0 Å². The van der Waals surface area contributed by atoms with Crippen LogP contribution in [0.5, 0.6) is 0 Å². The Morgan fingerprint density at radius 3 is 2.50 bits per heavy atom. The van der Waals surface area contributed by atoms with Crippen molar-refractivity contribution in [2.75, 3.05) is 18.9 Å². The molecular formula is C15H23ClN2OS. The van der Waals surface area contributed by atoms with Gasteiger partial charge in [0.1, 0.15) is 0 Å². The van der Waals surface area contributed by atoms with Crippen LogP contribution in [0.1, 0.15) is 32.1 Å². The van der Waals surface area contributed by atoms with Crippen LogP contribution in [0.25, 0.3) is 0 Å². The van der Waals surface area contributed by atoms with Crippen LogP contribution < -0.4 is 10.6 Å². The topological polar surface area (TPSA) is 41.1 Å². The van der Waals surface area contributed by atoms with Gasteiger partial charge in [-0.15, -0.1) is 24.2 Å². The summed E-state index contributed by atoms with van der Waals surface area (Å²) in [7, 11) is 1.85. The summed E-state index contributed by atoms with van der Waals surface area (Å²) in [6, 6.07) is 8.20. The highest BCUT2D eigenvalue weighted by Gasteiger charge is 2.15. The molecule has 1 aromatic rings. The lowest BCUT2D eigenvalue weighted by atomic mass is 10.3. The van der Waals surface area contributed by atoms with E-state index in [1.165, 1.54) is 30.6 Å². The summed E-state index contributed by atoms with van der Waals surface area (Å²) in [4.78, 5) is 12.9. The van der Waals surface area contributed by atoms with Crippen molar-refractivity contribution in [1.82, 2.24) is 5.32 Å². The summed E-state index contributed by atoms with van der Waals surface area (Å²) in [5.41, 5.74) is 0.886. The zero-order chi connectivity index (χ0) is 13.5. The molecule has 2 rings (SSSR count). The molecule has 0 bridgehead atoms. The van der Waals surface area contributed by atoms with Crippen LogP contribution in [-0.2, 0) is 4.79 Å². The zero-order valence-corrected chi connectivity index (χ0v) is 13.5. The lowest BCUT2D eigenvalue weighted by Crippen LogP contribution is -2.18. The molecule has 20 heavy (non-hydrogen) atoms. The van der Waals surface area contributed by atoms with Crippen molar-refractivity contribution in [1.29, 1.82) is 0 Å². The van der Waals surface area contributed by atoms with Crippen LogP contribution >= 0.6 is 24.2 Å². The lowest BCUT2D eigenvalue weighted by molar-refractivity contribution is -0.116. The smallest absolute Gasteiger partial charge is 0.225 e. The SMILES string of the molecule is CNCCC(=O)Nc1ccc(SC2CCCC2)cc1.Cl. The number of thioether (sulfide) groups is 1. The lowest BCUT2D eigenvalue weighted by Gasteiger charge is -2.10. The average molecular weight is 315 g/mol. The monoisotopic (exact) mass is 314 g/mol. The second-order valence-electron chi connectivity index (χ2n) is 4.95. The fourth-order valence-electron chi connectivity index (χ4n) is 2.28. The Balaban J connectivity index is 0.00000200. The van der Waals surface area contributed by atoms with Gasteiger partial charge in [-0.05, 0) is 44.2 Å². The predicted octanol–water partition coefficient (Wildman–Crippen LogP) is 3.69. The number of carbonyl (C=O) groups is 1. The molecule has 0 unspecified atom stereocenters. The van der Waals surface area contributed by atoms with E-state index in [2.05, 4.69) is 22.8 Å². The number of carbonyl (C=O) groups excluding carboxylic acids is 1. The van der Waals surface area contributed by atoms with Crippen molar-refractivity contribution in [3.63, 3.8) is 0 Å². The van der Waals surface area contributed by atoms with Crippen LogP contribution in [0.2, 0.25) is 0 Å². The molecule has 5 heteroatoms. The van der Waals surface area contributed by atoms with Gasteiger partial charge in [-0.25, -0.2) is 0 Å². The van der Waals surface area contributed by atoms with Crippen molar-refractivity contribution < 1.29 is 4.79 Å². The van der Waals surface area contributed by atoms with Crippen molar-refractivity contribution in [3.05, 3.63) is 24.3 Å². The first kappa shape index (κ1) is 17.3. The molecule has 1 saturated carbocycles. The van der Waals surface area contributed by atoms with Crippen molar-refractivity contribution >= 4 is 35.8 Å². The summed E-state index contributed by atoms with van der Waals surface area (Å²) in [6.45, 7) is 0.710. The van der Waals surface area contributed by atoms with E-state index in [0.29, 0.717) is 13.0 Å². The molecule has 112 valence electrons. The van der Waals surface area contributed by atoms with Crippen molar-refractivity contribution in [3.8, 4) is 0 Å². The third-order valence-electron chi connectivity index (χ3n) is 3.35. The van der Waals surface area contributed by atoms with Crippen LogP contribution in [0.15, 0.2) is 29.2 Å². The van der Waals surface area contributed by atoms with Gasteiger partial charge in [0.05, 0.1) is 0 Å². The molecule has 3 nitrogen and oxygen atoms in total. The number of rotatable bonds is 6. The first-order chi connectivity index (χ1) is 9.28. The van der Waals surface area contributed by atoms with Crippen LogP contribution in [-0.4, -0.2) is 24.7 Å². The summed E-state index contributed by atoms with van der Waals surface area (Å²) in [5, 5.41) is 6.67. The molecule has 0 radical (unpaired) electrons. The van der Waals surface area contributed by atoms with Crippen molar-refractivity contribution in [2.24, 2.45) is 0 Å². The molecule has 0 aliphatic heterocycles. The number of hydrogen-bond acceptors (Lipinski definition) is 3. The number of halogens is 1. The summed E-state index contributed by atoms with van der Waals surface area (Å²) < 4.78 is 0. The van der Waals surface area contributed by atoms with Crippen LogP contribution in [0, 0.1) is 0 Å². The normalized spacial score (nSPS) is 14.8. The molecule has 1 aliphatic rings. The van der Waals surface area contributed by atoms with E-state index in [1.54, 1.807) is 0 Å². The van der Waals surface area contributed by atoms with Crippen LogP contribution in [0.3, 0.4) is 0 Å². The molecule has 1 fully saturated rings. The Bertz CT molecular complexity index is 405. The zero-order valence-electron chi connectivity index (χ0n) is 11.9. The fraction of sp³-hybridized carbons (Fsp3) is 0.533. The molecule has 0 aromatic heterocycles. The minimum Gasteiger partial charge on any atom is -0.326 e. The maximum absolute atomic E-state index is 11.6. The standard InChI is InChI=1S/C15H22N2OS.ClH/c1-16-11-10-15(18)17-12-6-8-14(9-7-12)19-13-4-2-3-5-13;/h6-9,13,16H,2-5,10-11H2,1H3,(H,17,18);1H. The van der Waals surface area contributed by atoms with Gasteiger partial charge in [-0.1, -0.05) is 12.8 Å². The largest absolute Gasteiger partial charge is 0.326 e. The first-order valence-corrected chi connectivity index (χ1v) is 7.87. The predicted molar refractivity (Wildman–Crippen MR) is 89.0 cm³/mol. The second-order valence-corrected chi connectivity index (χ2v) is 6.32. The van der Waals surface area contributed by atoms with E-state index in [0.717, 1.165) is 10.9 Å². The molecule has 1 amide bonds.